The molecule has 6 heteroatoms. The van der Waals surface area contributed by atoms with Gasteiger partial charge in [0.2, 0.25) is 10.0 Å². The minimum absolute atomic E-state index is 0.209. The van der Waals surface area contributed by atoms with E-state index in [1.165, 1.54) is 5.56 Å². The zero-order chi connectivity index (χ0) is 20.0. The van der Waals surface area contributed by atoms with E-state index in [2.05, 4.69) is 23.5 Å². The molecule has 5 nitrogen and oxygen atoms in total. The van der Waals surface area contributed by atoms with Crippen molar-refractivity contribution in [2.75, 3.05) is 26.2 Å². The molecule has 0 saturated heterocycles. The van der Waals surface area contributed by atoms with Gasteiger partial charge >= 0.3 is 0 Å². The first-order valence-corrected chi connectivity index (χ1v) is 11.6. The van der Waals surface area contributed by atoms with Gasteiger partial charge in [-0.2, -0.15) is 0 Å². The van der Waals surface area contributed by atoms with Gasteiger partial charge in [0.05, 0.1) is 4.90 Å². The minimum Gasteiger partial charge on any atom is -0.492 e. The molecule has 0 aromatic heterocycles. The highest BCUT2D eigenvalue weighted by Crippen LogP contribution is 2.25. The Labute approximate surface area is 168 Å². The Hall–Kier alpha value is -1.89. The van der Waals surface area contributed by atoms with Gasteiger partial charge in [-0.25, -0.2) is 13.1 Å². The minimum atomic E-state index is -3.55. The third kappa shape index (κ3) is 5.13. The smallest absolute Gasteiger partial charge is 0.240 e. The predicted molar refractivity (Wildman–Crippen MR) is 112 cm³/mol. The highest BCUT2D eigenvalue weighted by Gasteiger charge is 2.19. The van der Waals surface area contributed by atoms with Gasteiger partial charge in [0.15, 0.2) is 0 Å². The van der Waals surface area contributed by atoms with Gasteiger partial charge < -0.3 is 9.64 Å². The number of hydrogen-bond acceptors (Lipinski definition) is 4. The molecule has 0 heterocycles. The topological polar surface area (TPSA) is 58.6 Å². The van der Waals surface area contributed by atoms with E-state index in [1.54, 1.807) is 6.07 Å². The summed E-state index contributed by atoms with van der Waals surface area (Å²) in [6.45, 7) is 7.87. The second-order valence-corrected chi connectivity index (χ2v) is 8.86. The summed E-state index contributed by atoms with van der Waals surface area (Å²) in [7, 11) is -3.55. The summed E-state index contributed by atoms with van der Waals surface area (Å²) in [6, 6.07) is 13.1. The van der Waals surface area contributed by atoms with Crippen LogP contribution in [-0.4, -0.2) is 39.6 Å². The molecule has 1 aliphatic carbocycles. The fourth-order valence-corrected chi connectivity index (χ4v) is 4.64. The van der Waals surface area contributed by atoms with Crippen molar-refractivity contribution in [2.45, 2.75) is 44.6 Å². The molecule has 0 unspecified atom stereocenters. The van der Waals surface area contributed by atoms with Crippen LogP contribution in [0, 0.1) is 0 Å². The average molecular weight is 403 g/mol. The van der Waals surface area contributed by atoms with Crippen LogP contribution in [0.2, 0.25) is 0 Å². The molecule has 0 radical (unpaired) electrons. The number of nitrogens with one attached hydrogen (secondary N) is 1. The Bertz CT molecular complexity index is 892. The van der Waals surface area contributed by atoms with E-state index in [-0.39, 0.29) is 6.54 Å². The molecule has 152 valence electrons. The van der Waals surface area contributed by atoms with Crippen molar-refractivity contribution >= 4 is 10.0 Å². The van der Waals surface area contributed by atoms with E-state index >= 15 is 0 Å². The van der Waals surface area contributed by atoms with Crippen molar-refractivity contribution in [3.05, 3.63) is 59.2 Å². The van der Waals surface area contributed by atoms with E-state index in [4.69, 9.17) is 4.74 Å². The second-order valence-electron chi connectivity index (χ2n) is 7.09. The number of rotatable bonds is 10. The van der Waals surface area contributed by atoms with Crippen molar-refractivity contribution in [1.29, 1.82) is 0 Å². The van der Waals surface area contributed by atoms with Crippen molar-refractivity contribution in [3.8, 4) is 5.75 Å². The lowest BCUT2D eigenvalue weighted by molar-refractivity contribution is 0.221. The number of fused-ring (bicyclic) bond motifs is 1. The maximum absolute atomic E-state index is 12.7. The number of likely N-dealkylation sites (N-methyl/N-ethyl adjacent to an activating group) is 1. The molecule has 0 atom stereocenters. The van der Waals surface area contributed by atoms with Gasteiger partial charge in [0.1, 0.15) is 12.4 Å². The van der Waals surface area contributed by atoms with Crippen molar-refractivity contribution in [2.24, 2.45) is 0 Å². The Balaban J connectivity index is 1.64. The van der Waals surface area contributed by atoms with Gasteiger partial charge in [-0.15, -0.1) is 0 Å². The van der Waals surface area contributed by atoms with Crippen LogP contribution in [0.4, 0.5) is 0 Å². The van der Waals surface area contributed by atoms with Crippen LogP contribution >= 0.6 is 0 Å². The van der Waals surface area contributed by atoms with Gasteiger partial charge in [0.25, 0.3) is 0 Å². The SMILES string of the molecule is CCN(CC)CCOc1ccccc1CNS(=O)(=O)c1ccc2c(c1)CCC2. The molecular weight excluding hydrogens is 372 g/mol. The molecular formula is C22H30N2O3S. The highest BCUT2D eigenvalue weighted by molar-refractivity contribution is 7.89. The van der Waals surface area contributed by atoms with E-state index in [9.17, 15) is 8.42 Å². The first kappa shape index (κ1) is 20.8. The van der Waals surface area contributed by atoms with Crippen LogP contribution in [0.15, 0.2) is 47.4 Å². The Kier molecular flexibility index (Phi) is 7.10. The molecule has 3 rings (SSSR count). The van der Waals surface area contributed by atoms with Crippen LogP contribution in [-0.2, 0) is 29.4 Å². The van der Waals surface area contributed by atoms with Crippen LogP contribution < -0.4 is 9.46 Å². The number of nitrogens with zero attached hydrogens (tertiary/aromatic N) is 1. The lowest BCUT2D eigenvalue weighted by Crippen LogP contribution is -2.28. The molecule has 1 N–H and O–H groups in total. The van der Waals surface area contributed by atoms with Crippen molar-refractivity contribution in [1.82, 2.24) is 9.62 Å². The normalized spacial score (nSPS) is 13.7. The fourth-order valence-electron chi connectivity index (χ4n) is 3.59. The largest absolute Gasteiger partial charge is 0.492 e. The Morgan fingerprint density at radius 1 is 1.04 bits per heavy atom. The Morgan fingerprint density at radius 3 is 2.57 bits per heavy atom. The van der Waals surface area contributed by atoms with E-state index in [0.29, 0.717) is 11.5 Å². The molecule has 2 aromatic rings. The summed E-state index contributed by atoms with van der Waals surface area (Å²) in [5.74, 6) is 0.728. The number of ether oxygens (including phenoxy) is 1. The van der Waals surface area contributed by atoms with Crippen LogP contribution in [0.3, 0.4) is 0 Å². The zero-order valence-corrected chi connectivity index (χ0v) is 17.6. The summed E-state index contributed by atoms with van der Waals surface area (Å²) < 4.78 is 34.1. The molecule has 0 saturated carbocycles. The maximum Gasteiger partial charge on any atom is 0.240 e. The molecule has 0 bridgehead atoms. The van der Waals surface area contributed by atoms with Crippen LogP contribution in [0.1, 0.15) is 37.0 Å². The lowest BCUT2D eigenvalue weighted by atomic mass is 10.1. The summed E-state index contributed by atoms with van der Waals surface area (Å²) in [5.41, 5.74) is 3.26. The molecule has 0 amide bonds. The number of hydrogen-bond donors (Lipinski definition) is 1. The third-order valence-corrected chi connectivity index (χ3v) is 6.76. The quantitative estimate of drug-likeness (QED) is 0.662. The Morgan fingerprint density at radius 2 is 1.79 bits per heavy atom. The van der Waals surface area contributed by atoms with E-state index in [0.717, 1.165) is 55.8 Å². The standard InChI is InChI=1S/C22H30N2O3S/c1-3-24(4-2)14-15-27-22-11-6-5-8-20(22)17-23-28(25,26)21-13-12-18-9-7-10-19(18)16-21/h5-6,8,11-13,16,23H,3-4,7,9-10,14-15,17H2,1-2H3. The van der Waals surface area contributed by atoms with E-state index in [1.807, 2.05) is 36.4 Å². The molecule has 0 spiro atoms. The highest BCUT2D eigenvalue weighted by atomic mass is 32.2. The predicted octanol–water partition coefficient (Wildman–Crippen LogP) is 3.37. The summed E-state index contributed by atoms with van der Waals surface area (Å²) >= 11 is 0. The van der Waals surface area contributed by atoms with Gasteiger partial charge in [-0.1, -0.05) is 38.1 Å². The third-order valence-electron chi connectivity index (χ3n) is 5.37. The monoisotopic (exact) mass is 402 g/mol. The first-order chi connectivity index (χ1) is 13.5. The van der Waals surface area contributed by atoms with Crippen LogP contribution in [0.25, 0.3) is 0 Å². The number of aryl methyl sites for hydroxylation is 2. The first-order valence-electron chi connectivity index (χ1n) is 10.1. The average Bonchev–Trinajstić information content (AvgIpc) is 3.18. The maximum atomic E-state index is 12.7. The van der Waals surface area contributed by atoms with Gasteiger partial charge in [0, 0.05) is 18.7 Å². The van der Waals surface area contributed by atoms with Crippen LogP contribution in [0.5, 0.6) is 5.75 Å². The second kappa shape index (κ2) is 9.54. The van der Waals surface area contributed by atoms with Gasteiger partial charge in [-0.3, -0.25) is 0 Å². The van der Waals surface area contributed by atoms with Gasteiger partial charge in [-0.05, 0) is 61.7 Å². The number of benzene rings is 2. The summed E-state index contributed by atoms with van der Waals surface area (Å²) in [4.78, 5) is 2.63. The summed E-state index contributed by atoms with van der Waals surface area (Å²) in [5, 5.41) is 0. The zero-order valence-electron chi connectivity index (χ0n) is 16.8. The molecule has 28 heavy (non-hydrogen) atoms. The molecule has 0 fully saturated rings. The summed E-state index contributed by atoms with van der Waals surface area (Å²) in [6.07, 6.45) is 3.10. The molecule has 1 aliphatic rings. The fraction of sp³-hybridized carbons (Fsp3) is 0.455. The van der Waals surface area contributed by atoms with E-state index < -0.39 is 10.0 Å². The lowest BCUT2D eigenvalue weighted by Gasteiger charge is -2.19. The molecule has 0 aliphatic heterocycles. The number of sulfonamides is 1. The van der Waals surface area contributed by atoms with Crippen molar-refractivity contribution in [3.63, 3.8) is 0 Å². The number of para-hydroxylation sites is 1. The molecule has 2 aromatic carbocycles. The van der Waals surface area contributed by atoms with Crippen molar-refractivity contribution < 1.29 is 13.2 Å².